The van der Waals surface area contributed by atoms with E-state index in [9.17, 15) is 4.79 Å². The smallest absolute Gasteiger partial charge is 0.374 e. The number of carbonyl (C=O) groups is 1. The van der Waals surface area contributed by atoms with Crippen molar-refractivity contribution >= 4 is 5.97 Å². The van der Waals surface area contributed by atoms with E-state index in [0.29, 0.717) is 11.6 Å². The molecular weight excluding hydrogens is 206 g/mol. The third-order valence-corrected chi connectivity index (χ3v) is 2.25. The molecule has 82 valence electrons. The summed E-state index contributed by atoms with van der Waals surface area (Å²) in [6, 6.07) is 7.48. The second-order valence-corrected chi connectivity index (χ2v) is 3.58. The van der Waals surface area contributed by atoms with Crippen molar-refractivity contribution < 1.29 is 14.3 Å². The van der Waals surface area contributed by atoms with Crippen molar-refractivity contribution in [3.05, 3.63) is 41.5 Å². The summed E-state index contributed by atoms with van der Waals surface area (Å²) in [7, 11) is 0. The van der Waals surface area contributed by atoms with E-state index >= 15 is 0 Å². The van der Waals surface area contributed by atoms with Crippen LogP contribution in [0.15, 0.2) is 28.7 Å². The van der Waals surface area contributed by atoms with Gasteiger partial charge in [-0.25, -0.2) is 9.78 Å². The number of hydrogen-bond donors (Lipinski definition) is 1. The number of rotatable bonds is 2. The maximum absolute atomic E-state index is 10.9. The first-order valence-corrected chi connectivity index (χ1v) is 4.85. The minimum absolute atomic E-state index is 0.110. The molecule has 16 heavy (non-hydrogen) atoms. The Morgan fingerprint density at radius 3 is 2.44 bits per heavy atom. The number of hydrogen-bond acceptors (Lipinski definition) is 3. The third-order valence-electron chi connectivity index (χ3n) is 2.25. The average molecular weight is 217 g/mol. The van der Waals surface area contributed by atoms with E-state index in [2.05, 4.69) is 4.98 Å². The van der Waals surface area contributed by atoms with E-state index in [-0.39, 0.29) is 5.76 Å². The molecule has 4 heteroatoms. The van der Waals surface area contributed by atoms with Crippen LogP contribution in [-0.4, -0.2) is 16.1 Å². The van der Waals surface area contributed by atoms with Gasteiger partial charge in [0.05, 0.1) is 0 Å². The lowest BCUT2D eigenvalue weighted by Crippen LogP contribution is -1.96. The predicted molar refractivity (Wildman–Crippen MR) is 58.4 cm³/mol. The van der Waals surface area contributed by atoms with Gasteiger partial charge in [0.1, 0.15) is 5.69 Å². The van der Waals surface area contributed by atoms with Crippen molar-refractivity contribution in [2.45, 2.75) is 13.8 Å². The van der Waals surface area contributed by atoms with Crippen LogP contribution in [0.2, 0.25) is 0 Å². The Balaban J connectivity index is 2.55. The SMILES string of the molecule is Cc1ccc(-c2nc(C)oc2C(=O)O)cc1. The normalized spacial score (nSPS) is 10.4. The summed E-state index contributed by atoms with van der Waals surface area (Å²) in [4.78, 5) is 15.0. The molecule has 0 atom stereocenters. The van der Waals surface area contributed by atoms with Gasteiger partial charge in [0.2, 0.25) is 5.76 Å². The lowest BCUT2D eigenvalue weighted by Gasteiger charge is -1.98. The van der Waals surface area contributed by atoms with E-state index < -0.39 is 5.97 Å². The van der Waals surface area contributed by atoms with Crippen LogP contribution >= 0.6 is 0 Å². The Hall–Kier alpha value is -2.10. The predicted octanol–water partition coefficient (Wildman–Crippen LogP) is 2.66. The van der Waals surface area contributed by atoms with E-state index in [1.165, 1.54) is 0 Å². The number of nitrogens with zero attached hydrogens (tertiary/aromatic N) is 1. The Bertz CT molecular complexity index is 526. The molecule has 1 heterocycles. The van der Waals surface area contributed by atoms with Crippen molar-refractivity contribution in [3.8, 4) is 11.3 Å². The third kappa shape index (κ3) is 1.82. The van der Waals surface area contributed by atoms with Crippen LogP contribution in [0, 0.1) is 13.8 Å². The van der Waals surface area contributed by atoms with Crippen LogP contribution in [0.5, 0.6) is 0 Å². The topological polar surface area (TPSA) is 63.3 Å². The second kappa shape index (κ2) is 3.81. The molecule has 2 aromatic rings. The van der Waals surface area contributed by atoms with Crippen molar-refractivity contribution in [2.24, 2.45) is 0 Å². The fourth-order valence-corrected chi connectivity index (χ4v) is 1.48. The van der Waals surface area contributed by atoms with Gasteiger partial charge < -0.3 is 9.52 Å². The molecule has 0 radical (unpaired) electrons. The molecule has 1 aromatic carbocycles. The van der Waals surface area contributed by atoms with Crippen LogP contribution in [0.1, 0.15) is 22.0 Å². The number of benzene rings is 1. The van der Waals surface area contributed by atoms with Crippen molar-refractivity contribution in [1.29, 1.82) is 0 Å². The molecule has 2 rings (SSSR count). The molecule has 4 nitrogen and oxygen atoms in total. The van der Waals surface area contributed by atoms with E-state index in [1.807, 2.05) is 31.2 Å². The zero-order valence-corrected chi connectivity index (χ0v) is 9.02. The number of aryl methyl sites for hydroxylation is 2. The summed E-state index contributed by atoms with van der Waals surface area (Å²) in [6.07, 6.45) is 0. The molecule has 0 saturated heterocycles. The van der Waals surface area contributed by atoms with Crippen LogP contribution in [0.25, 0.3) is 11.3 Å². The fraction of sp³-hybridized carbons (Fsp3) is 0.167. The van der Waals surface area contributed by atoms with Gasteiger partial charge in [-0.15, -0.1) is 0 Å². The van der Waals surface area contributed by atoms with Gasteiger partial charge in [-0.2, -0.15) is 0 Å². The Labute approximate surface area is 92.6 Å². The zero-order chi connectivity index (χ0) is 11.7. The highest BCUT2D eigenvalue weighted by Gasteiger charge is 2.18. The fourth-order valence-electron chi connectivity index (χ4n) is 1.48. The highest BCUT2D eigenvalue weighted by molar-refractivity contribution is 5.91. The summed E-state index contributed by atoms with van der Waals surface area (Å²) in [5, 5.41) is 8.96. The summed E-state index contributed by atoms with van der Waals surface area (Å²) in [5.41, 5.74) is 2.24. The standard InChI is InChI=1S/C12H11NO3/c1-7-3-5-9(6-4-7)10-11(12(14)15)16-8(2)13-10/h3-6H,1-2H3,(H,14,15). The zero-order valence-electron chi connectivity index (χ0n) is 9.02. The van der Waals surface area contributed by atoms with Gasteiger partial charge >= 0.3 is 5.97 Å². The average Bonchev–Trinajstić information content (AvgIpc) is 2.61. The Kier molecular flexibility index (Phi) is 2.48. The minimum atomic E-state index is -1.10. The largest absolute Gasteiger partial charge is 0.475 e. The van der Waals surface area contributed by atoms with Gasteiger partial charge in [-0.1, -0.05) is 29.8 Å². The van der Waals surface area contributed by atoms with Gasteiger partial charge in [0, 0.05) is 12.5 Å². The Morgan fingerprint density at radius 1 is 1.25 bits per heavy atom. The van der Waals surface area contributed by atoms with E-state index in [4.69, 9.17) is 9.52 Å². The van der Waals surface area contributed by atoms with Crippen molar-refractivity contribution in [2.75, 3.05) is 0 Å². The van der Waals surface area contributed by atoms with Crippen LogP contribution < -0.4 is 0 Å². The van der Waals surface area contributed by atoms with Crippen molar-refractivity contribution in [1.82, 2.24) is 4.98 Å². The summed E-state index contributed by atoms with van der Waals surface area (Å²) < 4.78 is 5.05. The first-order chi connectivity index (χ1) is 7.58. The van der Waals surface area contributed by atoms with E-state index in [1.54, 1.807) is 6.92 Å². The highest BCUT2D eigenvalue weighted by atomic mass is 16.4. The first kappa shape index (κ1) is 10.4. The second-order valence-electron chi connectivity index (χ2n) is 3.58. The van der Waals surface area contributed by atoms with Gasteiger partial charge in [0.25, 0.3) is 0 Å². The summed E-state index contributed by atoms with van der Waals surface area (Å²) in [6.45, 7) is 3.60. The lowest BCUT2D eigenvalue weighted by molar-refractivity contribution is 0.0662. The molecular formula is C12H11NO3. The number of aromatic nitrogens is 1. The highest BCUT2D eigenvalue weighted by Crippen LogP contribution is 2.24. The van der Waals surface area contributed by atoms with Gasteiger partial charge in [-0.3, -0.25) is 0 Å². The lowest BCUT2D eigenvalue weighted by atomic mass is 10.1. The maximum atomic E-state index is 10.9. The molecule has 1 N–H and O–H groups in total. The molecule has 0 aliphatic rings. The quantitative estimate of drug-likeness (QED) is 0.839. The molecule has 1 aromatic heterocycles. The molecule has 0 aliphatic carbocycles. The number of carboxylic acids is 1. The molecule has 0 saturated carbocycles. The van der Waals surface area contributed by atoms with Crippen LogP contribution in [0.4, 0.5) is 0 Å². The number of aromatic carboxylic acids is 1. The van der Waals surface area contributed by atoms with Gasteiger partial charge in [0.15, 0.2) is 5.89 Å². The molecule has 0 unspecified atom stereocenters. The summed E-state index contributed by atoms with van der Waals surface area (Å²) in [5.74, 6) is -0.856. The first-order valence-electron chi connectivity index (χ1n) is 4.85. The Morgan fingerprint density at radius 2 is 1.88 bits per heavy atom. The van der Waals surface area contributed by atoms with Crippen molar-refractivity contribution in [3.63, 3.8) is 0 Å². The minimum Gasteiger partial charge on any atom is -0.475 e. The van der Waals surface area contributed by atoms with E-state index in [0.717, 1.165) is 11.1 Å². The molecule has 0 aliphatic heterocycles. The monoisotopic (exact) mass is 217 g/mol. The van der Waals surface area contributed by atoms with Gasteiger partial charge in [-0.05, 0) is 6.92 Å². The van der Waals surface area contributed by atoms with Crippen LogP contribution in [0.3, 0.4) is 0 Å². The van der Waals surface area contributed by atoms with Crippen LogP contribution in [-0.2, 0) is 0 Å². The number of oxazole rings is 1. The molecule has 0 amide bonds. The summed E-state index contributed by atoms with van der Waals surface area (Å²) >= 11 is 0. The molecule has 0 spiro atoms. The molecule has 0 bridgehead atoms. The maximum Gasteiger partial charge on any atom is 0.374 e. The molecule has 0 fully saturated rings. The number of carboxylic acid groups (broad SMARTS) is 1.